The molecule has 1 heteroatoms. The highest BCUT2D eigenvalue weighted by Crippen LogP contribution is 2.57. The van der Waals surface area contributed by atoms with Gasteiger partial charge in [-0.25, -0.2) is 0 Å². The lowest BCUT2D eigenvalue weighted by Gasteiger charge is -2.26. The van der Waals surface area contributed by atoms with E-state index in [1.54, 1.807) is 5.56 Å². The second kappa shape index (κ2) is 5.76. The predicted molar refractivity (Wildman–Crippen MR) is 88.4 cm³/mol. The predicted octanol–water partition coefficient (Wildman–Crippen LogP) is 5.04. The van der Waals surface area contributed by atoms with Gasteiger partial charge in [0.1, 0.15) is 0 Å². The van der Waals surface area contributed by atoms with E-state index in [1.807, 2.05) is 0 Å². The Bertz CT molecular complexity index is 461. The standard InChI is InChI=1S/C20H29N/c1-21-20(19-12-17-11-18(17)13-19)16-9-7-15(8-10-16)14-5-3-2-4-6-14/h7-10,14,17-21H,2-6,11-13H2,1H3. The second-order valence-corrected chi connectivity index (χ2v) is 7.76. The maximum atomic E-state index is 3.60. The molecule has 1 aromatic rings. The van der Waals surface area contributed by atoms with Crippen molar-refractivity contribution in [3.8, 4) is 0 Å². The Kier molecular flexibility index (Phi) is 3.79. The van der Waals surface area contributed by atoms with E-state index < -0.39 is 0 Å². The summed E-state index contributed by atoms with van der Waals surface area (Å²) in [7, 11) is 2.14. The van der Waals surface area contributed by atoms with E-state index in [4.69, 9.17) is 0 Å². The van der Waals surface area contributed by atoms with E-state index >= 15 is 0 Å². The quantitative estimate of drug-likeness (QED) is 0.816. The molecule has 4 rings (SSSR count). The highest BCUT2D eigenvalue weighted by atomic mass is 14.9. The highest BCUT2D eigenvalue weighted by molar-refractivity contribution is 5.28. The average Bonchev–Trinajstić information content (AvgIpc) is 3.16. The molecule has 0 radical (unpaired) electrons. The smallest absolute Gasteiger partial charge is 0.0346 e. The molecule has 3 fully saturated rings. The Morgan fingerprint density at radius 1 is 0.905 bits per heavy atom. The van der Waals surface area contributed by atoms with Crippen molar-refractivity contribution in [2.45, 2.75) is 63.3 Å². The van der Waals surface area contributed by atoms with Gasteiger partial charge in [0.15, 0.2) is 0 Å². The molecule has 21 heavy (non-hydrogen) atoms. The van der Waals surface area contributed by atoms with Gasteiger partial charge in [-0.3, -0.25) is 0 Å². The molecule has 0 amide bonds. The lowest BCUT2D eigenvalue weighted by molar-refractivity contribution is 0.359. The lowest BCUT2D eigenvalue weighted by Crippen LogP contribution is -2.24. The second-order valence-electron chi connectivity index (χ2n) is 7.76. The molecular weight excluding hydrogens is 254 g/mol. The summed E-state index contributed by atoms with van der Waals surface area (Å²) in [6, 6.07) is 10.2. The minimum Gasteiger partial charge on any atom is -0.313 e. The number of rotatable bonds is 4. The molecule has 0 saturated heterocycles. The first-order valence-electron chi connectivity index (χ1n) is 9.12. The van der Waals surface area contributed by atoms with Crippen molar-refractivity contribution < 1.29 is 0 Å². The third-order valence-electron chi connectivity index (χ3n) is 6.43. The minimum absolute atomic E-state index is 0.582. The van der Waals surface area contributed by atoms with Crippen molar-refractivity contribution in [3.05, 3.63) is 35.4 Å². The molecule has 3 aliphatic carbocycles. The van der Waals surface area contributed by atoms with E-state index in [9.17, 15) is 0 Å². The van der Waals surface area contributed by atoms with E-state index in [2.05, 4.69) is 36.6 Å². The summed E-state index contributed by atoms with van der Waals surface area (Å²) in [5, 5.41) is 3.60. The highest BCUT2D eigenvalue weighted by Gasteiger charge is 2.47. The minimum atomic E-state index is 0.582. The van der Waals surface area contributed by atoms with Crippen LogP contribution in [0.1, 0.15) is 74.5 Å². The summed E-state index contributed by atoms with van der Waals surface area (Å²) < 4.78 is 0. The van der Waals surface area contributed by atoms with Crippen LogP contribution in [0.25, 0.3) is 0 Å². The van der Waals surface area contributed by atoms with Crippen LogP contribution >= 0.6 is 0 Å². The molecule has 3 unspecified atom stereocenters. The molecule has 0 aliphatic heterocycles. The number of hydrogen-bond acceptors (Lipinski definition) is 1. The van der Waals surface area contributed by atoms with Crippen molar-refractivity contribution in [2.75, 3.05) is 7.05 Å². The number of hydrogen-bond donors (Lipinski definition) is 1. The van der Waals surface area contributed by atoms with Crippen molar-refractivity contribution in [1.29, 1.82) is 0 Å². The molecule has 114 valence electrons. The fourth-order valence-electron chi connectivity index (χ4n) is 5.12. The zero-order valence-electron chi connectivity index (χ0n) is 13.4. The Labute approximate surface area is 129 Å². The van der Waals surface area contributed by atoms with Crippen LogP contribution in [-0.2, 0) is 0 Å². The van der Waals surface area contributed by atoms with Gasteiger partial charge in [-0.05, 0) is 74.0 Å². The molecule has 3 aliphatic rings. The van der Waals surface area contributed by atoms with E-state index in [1.165, 1.54) is 56.9 Å². The number of nitrogens with one attached hydrogen (secondary N) is 1. The Balaban J connectivity index is 1.46. The third-order valence-corrected chi connectivity index (χ3v) is 6.43. The molecule has 0 heterocycles. The first-order chi connectivity index (χ1) is 10.3. The SMILES string of the molecule is CNC(c1ccc(C2CCCCC2)cc1)C1CC2CC2C1. The molecule has 1 aromatic carbocycles. The summed E-state index contributed by atoms with van der Waals surface area (Å²) in [4.78, 5) is 0. The fraction of sp³-hybridized carbons (Fsp3) is 0.700. The van der Waals surface area contributed by atoms with Crippen LogP contribution in [0.2, 0.25) is 0 Å². The monoisotopic (exact) mass is 283 g/mol. The van der Waals surface area contributed by atoms with Gasteiger partial charge in [-0.1, -0.05) is 43.5 Å². The van der Waals surface area contributed by atoms with Crippen LogP contribution in [0.4, 0.5) is 0 Å². The van der Waals surface area contributed by atoms with Gasteiger partial charge in [0.2, 0.25) is 0 Å². The van der Waals surface area contributed by atoms with E-state index in [-0.39, 0.29) is 0 Å². The van der Waals surface area contributed by atoms with Crippen molar-refractivity contribution in [3.63, 3.8) is 0 Å². The fourth-order valence-corrected chi connectivity index (χ4v) is 5.12. The van der Waals surface area contributed by atoms with Gasteiger partial charge in [-0.2, -0.15) is 0 Å². The molecule has 3 saturated carbocycles. The maximum absolute atomic E-state index is 3.60. The number of fused-ring (bicyclic) bond motifs is 1. The maximum Gasteiger partial charge on any atom is 0.0346 e. The van der Waals surface area contributed by atoms with E-state index in [0.717, 1.165) is 23.7 Å². The zero-order chi connectivity index (χ0) is 14.2. The van der Waals surface area contributed by atoms with Crippen LogP contribution in [-0.4, -0.2) is 7.05 Å². The molecule has 1 nitrogen and oxygen atoms in total. The molecule has 0 spiro atoms. The van der Waals surface area contributed by atoms with Crippen LogP contribution in [0.3, 0.4) is 0 Å². The Hall–Kier alpha value is -0.820. The van der Waals surface area contributed by atoms with Gasteiger partial charge in [0.05, 0.1) is 0 Å². The van der Waals surface area contributed by atoms with Crippen LogP contribution in [0.5, 0.6) is 0 Å². The van der Waals surface area contributed by atoms with Gasteiger partial charge in [-0.15, -0.1) is 0 Å². The van der Waals surface area contributed by atoms with E-state index in [0.29, 0.717) is 6.04 Å². The molecule has 1 N–H and O–H groups in total. The molecule has 0 bridgehead atoms. The Morgan fingerprint density at radius 3 is 2.19 bits per heavy atom. The van der Waals surface area contributed by atoms with Gasteiger partial charge in [0.25, 0.3) is 0 Å². The molecule has 0 aromatic heterocycles. The third kappa shape index (κ3) is 2.77. The topological polar surface area (TPSA) is 12.0 Å². The average molecular weight is 283 g/mol. The van der Waals surface area contributed by atoms with Gasteiger partial charge in [0, 0.05) is 6.04 Å². The molecular formula is C20H29N. The van der Waals surface area contributed by atoms with Crippen molar-refractivity contribution in [1.82, 2.24) is 5.32 Å². The first-order valence-corrected chi connectivity index (χ1v) is 9.12. The first kappa shape index (κ1) is 13.8. The summed E-state index contributed by atoms with van der Waals surface area (Å²) >= 11 is 0. The van der Waals surface area contributed by atoms with Crippen LogP contribution in [0.15, 0.2) is 24.3 Å². The van der Waals surface area contributed by atoms with Crippen LogP contribution in [0, 0.1) is 17.8 Å². The summed E-state index contributed by atoms with van der Waals surface area (Å²) in [5.74, 6) is 3.86. The summed E-state index contributed by atoms with van der Waals surface area (Å²) in [5.41, 5.74) is 3.10. The van der Waals surface area contributed by atoms with Gasteiger partial charge < -0.3 is 5.32 Å². The zero-order valence-corrected chi connectivity index (χ0v) is 13.4. The Morgan fingerprint density at radius 2 is 1.57 bits per heavy atom. The summed E-state index contributed by atoms with van der Waals surface area (Å²) in [6.07, 6.45) is 11.5. The normalized spacial score (nSPS) is 33.7. The molecule has 3 atom stereocenters. The largest absolute Gasteiger partial charge is 0.313 e. The van der Waals surface area contributed by atoms with Crippen molar-refractivity contribution in [2.24, 2.45) is 17.8 Å². The number of benzene rings is 1. The van der Waals surface area contributed by atoms with Crippen LogP contribution < -0.4 is 5.32 Å². The lowest BCUT2D eigenvalue weighted by atomic mass is 9.83. The summed E-state index contributed by atoms with van der Waals surface area (Å²) in [6.45, 7) is 0. The van der Waals surface area contributed by atoms with Gasteiger partial charge >= 0.3 is 0 Å². The van der Waals surface area contributed by atoms with Crippen molar-refractivity contribution >= 4 is 0 Å².